The third-order valence-electron chi connectivity index (χ3n) is 3.47. The Morgan fingerprint density at radius 3 is 2.33 bits per heavy atom. The van der Waals surface area contributed by atoms with Crippen LogP contribution in [0.2, 0.25) is 0 Å². The maximum Gasteiger partial charge on any atom is 0.262 e. The summed E-state index contributed by atoms with van der Waals surface area (Å²) in [5.41, 5.74) is 4.49. The topological polar surface area (TPSA) is 175 Å². The van der Waals surface area contributed by atoms with Crippen LogP contribution in [0.5, 0.6) is 5.75 Å². The first-order valence-corrected chi connectivity index (χ1v) is 7.93. The summed E-state index contributed by atoms with van der Waals surface area (Å²) < 4.78 is 23.4. The quantitative estimate of drug-likeness (QED) is 0.484. The molecule has 0 fully saturated rings. The first-order chi connectivity index (χ1) is 11.1. The Balaban J connectivity index is 2.29. The van der Waals surface area contributed by atoms with E-state index in [0.29, 0.717) is 0 Å². The number of fused-ring (bicyclic) bond motifs is 1. The summed E-state index contributed by atoms with van der Waals surface area (Å²) >= 11 is 0. The molecule has 0 spiro atoms. The molecule has 1 aliphatic heterocycles. The van der Waals surface area contributed by atoms with E-state index in [1.807, 2.05) is 5.32 Å². The van der Waals surface area contributed by atoms with E-state index in [0.717, 1.165) is 28.8 Å². The molecule has 2 amide bonds. The number of hydrogen-bond donors (Lipinski definition) is 4. The maximum absolute atomic E-state index is 12.2. The molecule has 11 heteroatoms. The number of nitrogens with zero attached hydrogens (tertiary/aromatic N) is 1. The van der Waals surface area contributed by atoms with Gasteiger partial charge in [-0.15, -0.1) is 0 Å². The van der Waals surface area contributed by atoms with Crippen LogP contribution in [0.4, 0.5) is 5.82 Å². The first-order valence-electron chi connectivity index (χ1n) is 6.38. The minimum atomic E-state index is -4.06. The number of anilines is 1. The second-order valence-corrected chi connectivity index (χ2v) is 6.53. The van der Waals surface area contributed by atoms with Crippen molar-refractivity contribution in [1.82, 2.24) is 9.88 Å². The largest absolute Gasteiger partial charge is 0.506 e. The molecule has 2 aromatic rings. The summed E-state index contributed by atoms with van der Waals surface area (Å²) in [7, 11) is -4.06. The van der Waals surface area contributed by atoms with Gasteiger partial charge in [0.1, 0.15) is 11.6 Å². The van der Waals surface area contributed by atoms with Crippen LogP contribution >= 0.6 is 0 Å². The Labute approximate surface area is 134 Å². The average Bonchev–Trinajstić information content (AvgIpc) is 2.74. The zero-order valence-corrected chi connectivity index (χ0v) is 12.6. The number of benzene rings is 1. The fourth-order valence-electron chi connectivity index (χ4n) is 2.40. The van der Waals surface area contributed by atoms with Crippen LogP contribution in [0.15, 0.2) is 34.0 Å². The highest BCUT2D eigenvalue weighted by Gasteiger charge is 2.32. The fourth-order valence-corrected chi connectivity index (χ4v) is 2.93. The van der Waals surface area contributed by atoms with Crippen molar-refractivity contribution in [3.63, 3.8) is 0 Å². The number of carbonyl (C=O) groups excluding carboxylic acids is 2. The molecule has 6 N–H and O–H groups in total. The number of aromatic hydroxyl groups is 1. The van der Waals surface area contributed by atoms with E-state index in [1.165, 1.54) is 0 Å². The number of nitrogens with one attached hydrogen (secondary N) is 1. The Kier molecular flexibility index (Phi) is 3.21. The maximum atomic E-state index is 12.2. The summed E-state index contributed by atoms with van der Waals surface area (Å²) in [4.78, 5) is 35.2. The second-order valence-electron chi connectivity index (χ2n) is 4.97. The van der Waals surface area contributed by atoms with Gasteiger partial charge < -0.3 is 10.8 Å². The van der Waals surface area contributed by atoms with Crippen LogP contribution in [0.1, 0.15) is 20.7 Å². The van der Waals surface area contributed by atoms with E-state index in [1.54, 1.807) is 0 Å². The Morgan fingerprint density at radius 2 is 1.75 bits per heavy atom. The third kappa shape index (κ3) is 2.23. The van der Waals surface area contributed by atoms with Crippen molar-refractivity contribution in [2.24, 2.45) is 5.14 Å². The van der Waals surface area contributed by atoms with Crippen LogP contribution in [0.3, 0.4) is 0 Å². The number of sulfonamides is 1. The zero-order valence-electron chi connectivity index (χ0n) is 11.8. The molecule has 0 atom stereocenters. The molecule has 1 aromatic heterocycles. The molecule has 0 radical (unpaired) electrons. The lowest BCUT2D eigenvalue weighted by molar-refractivity contribution is 0.0880. The summed E-state index contributed by atoms with van der Waals surface area (Å²) in [6.07, 6.45) is 0. The number of phenolic OH excluding ortho intramolecular Hbond substituents is 1. The summed E-state index contributed by atoms with van der Waals surface area (Å²) in [5.74, 6) is -2.49. The molecule has 0 saturated heterocycles. The van der Waals surface area contributed by atoms with Gasteiger partial charge in [-0.3, -0.25) is 24.3 Å². The molecule has 124 valence electrons. The van der Waals surface area contributed by atoms with Crippen molar-refractivity contribution < 1.29 is 23.1 Å². The number of pyridine rings is 1. The predicted octanol–water partition coefficient (Wildman–Crippen LogP) is -1.34. The van der Waals surface area contributed by atoms with Gasteiger partial charge in [0.05, 0.1) is 21.7 Å². The van der Waals surface area contributed by atoms with Crippen LogP contribution in [0, 0.1) is 0 Å². The van der Waals surface area contributed by atoms with Crippen molar-refractivity contribution in [3.05, 3.63) is 45.7 Å². The van der Waals surface area contributed by atoms with E-state index in [4.69, 9.17) is 10.9 Å². The van der Waals surface area contributed by atoms with Crippen LogP contribution < -0.4 is 21.7 Å². The van der Waals surface area contributed by atoms with Crippen molar-refractivity contribution in [3.8, 4) is 11.4 Å². The van der Waals surface area contributed by atoms with E-state index < -0.39 is 33.1 Å². The number of hydrogen-bond acceptors (Lipinski definition) is 7. The second kappa shape index (κ2) is 4.91. The lowest BCUT2D eigenvalue weighted by Gasteiger charge is -2.13. The van der Waals surface area contributed by atoms with Gasteiger partial charge in [-0.2, -0.15) is 0 Å². The number of phenols is 1. The van der Waals surface area contributed by atoms with Gasteiger partial charge in [-0.1, -0.05) is 0 Å². The van der Waals surface area contributed by atoms with E-state index >= 15 is 0 Å². The number of aromatic nitrogens is 1. The van der Waals surface area contributed by atoms with E-state index in [-0.39, 0.29) is 27.5 Å². The van der Waals surface area contributed by atoms with Gasteiger partial charge in [-0.25, -0.2) is 13.6 Å². The monoisotopic (exact) mass is 350 g/mol. The highest BCUT2D eigenvalue weighted by atomic mass is 32.2. The third-order valence-corrected chi connectivity index (χ3v) is 4.38. The molecule has 24 heavy (non-hydrogen) atoms. The first kappa shape index (κ1) is 15.7. The molecule has 2 heterocycles. The zero-order chi connectivity index (χ0) is 17.8. The Bertz CT molecular complexity index is 1090. The lowest BCUT2D eigenvalue weighted by atomic mass is 10.1. The Hall–Kier alpha value is -3.18. The van der Waals surface area contributed by atoms with Crippen molar-refractivity contribution in [2.75, 3.05) is 5.73 Å². The highest BCUT2D eigenvalue weighted by molar-refractivity contribution is 7.89. The smallest absolute Gasteiger partial charge is 0.262 e. The average molecular weight is 350 g/mol. The van der Waals surface area contributed by atoms with Gasteiger partial charge in [-0.05, 0) is 12.1 Å². The summed E-state index contributed by atoms with van der Waals surface area (Å²) in [6, 6.07) is 3.91. The summed E-state index contributed by atoms with van der Waals surface area (Å²) in [5, 5.41) is 17.0. The lowest BCUT2D eigenvalue weighted by Crippen LogP contribution is -2.24. The van der Waals surface area contributed by atoms with Gasteiger partial charge >= 0.3 is 0 Å². The molecule has 10 nitrogen and oxygen atoms in total. The van der Waals surface area contributed by atoms with Gasteiger partial charge in [0.2, 0.25) is 10.0 Å². The van der Waals surface area contributed by atoms with Crippen LogP contribution in [-0.2, 0) is 10.0 Å². The normalized spacial score (nSPS) is 13.7. The van der Waals surface area contributed by atoms with Crippen LogP contribution in [0.25, 0.3) is 5.69 Å². The van der Waals surface area contributed by atoms with E-state index in [2.05, 4.69) is 0 Å². The SMILES string of the molecule is Nc1c2c(cc(=O)n1-c1ccc(S(N)(=O)=O)cc1O)C(=O)NC2=O. The van der Waals surface area contributed by atoms with Gasteiger partial charge in [0, 0.05) is 12.1 Å². The van der Waals surface area contributed by atoms with E-state index in [9.17, 15) is 27.9 Å². The number of rotatable bonds is 2. The molecule has 0 unspecified atom stereocenters. The predicted molar refractivity (Wildman–Crippen MR) is 81.3 cm³/mol. The minimum absolute atomic E-state index is 0.167. The molecule has 0 bridgehead atoms. The fraction of sp³-hybridized carbons (Fsp3) is 0. The number of amides is 2. The van der Waals surface area contributed by atoms with Crippen molar-refractivity contribution in [2.45, 2.75) is 4.90 Å². The molecule has 1 aliphatic rings. The number of nitrogens with two attached hydrogens (primary N) is 2. The summed E-state index contributed by atoms with van der Waals surface area (Å²) in [6.45, 7) is 0. The van der Waals surface area contributed by atoms with Gasteiger partial charge in [0.15, 0.2) is 0 Å². The molecule has 0 saturated carbocycles. The number of nitrogen functional groups attached to an aromatic ring is 1. The number of carbonyl (C=O) groups is 2. The molecular weight excluding hydrogens is 340 g/mol. The Morgan fingerprint density at radius 1 is 1.08 bits per heavy atom. The van der Waals surface area contributed by atoms with Crippen molar-refractivity contribution >= 4 is 27.7 Å². The van der Waals surface area contributed by atoms with Crippen molar-refractivity contribution in [1.29, 1.82) is 0 Å². The molecule has 1 aromatic carbocycles. The number of primary sulfonamides is 1. The highest BCUT2D eigenvalue weighted by Crippen LogP contribution is 2.28. The molecular formula is C13H10N4O6S. The van der Waals surface area contributed by atoms with Crippen LogP contribution in [-0.4, -0.2) is 29.9 Å². The molecule has 0 aliphatic carbocycles. The molecule has 3 rings (SSSR count). The number of imide groups is 1. The minimum Gasteiger partial charge on any atom is -0.506 e. The van der Waals surface area contributed by atoms with Gasteiger partial charge in [0.25, 0.3) is 17.4 Å². The standard InChI is InChI=1S/C13H10N4O6S/c14-11-10-6(12(20)16-13(10)21)4-9(19)17(11)7-2-1-5(3-8(7)18)24(15,22)23/h1-4,18H,14H2,(H2,15,22,23)(H,16,20,21).